The summed E-state index contributed by atoms with van der Waals surface area (Å²) < 4.78 is 4.86. The second-order valence-corrected chi connectivity index (χ2v) is 3.35. The lowest BCUT2D eigenvalue weighted by molar-refractivity contribution is -0.146. The molecule has 0 aromatic carbocycles. The monoisotopic (exact) mass is 217 g/mol. The molecule has 1 aliphatic carbocycles. The molecule has 2 unspecified atom stereocenters. The second-order valence-electron chi connectivity index (χ2n) is 2.97. The normalized spacial score (nSPS) is 24.6. The molecule has 1 aliphatic rings. The Bertz CT molecular complexity index is 242. The van der Waals surface area contributed by atoms with Gasteiger partial charge in [0.1, 0.15) is 6.61 Å². The predicted octanol–water partition coefficient (Wildman–Crippen LogP) is 0.459. The summed E-state index contributed by atoms with van der Waals surface area (Å²) in [4.78, 5) is 21.4. The van der Waals surface area contributed by atoms with Gasteiger partial charge < -0.3 is 10.1 Å². The van der Waals surface area contributed by atoms with Crippen LogP contribution in [0.15, 0.2) is 12.2 Å². The number of amides is 1. The zero-order chi connectivity index (χ0) is 10.4. The average molecular weight is 218 g/mol. The van der Waals surface area contributed by atoms with Crippen LogP contribution >= 0.6 is 11.6 Å². The van der Waals surface area contributed by atoms with Crippen molar-refractivity contribution in [1.29, 1.82) is 0 Å². The number of esters is 1. The van der Waals surface area contributed by atoms with Crippen molar-refractivity contribution in [1.82, 2.24) is 5.32 Å². The van der Waals surface area contributed by atoms with Crippen LogP contribution in [0.4, 0.5) is 0 Å². The van der Waals surface area contributed by atoms with Crippen LogP contribution in [0, 0.1) is 5.92 Å². The van der Waals surface area contributed by atoms with E-state index < -0.39 is 0 Å². The van der Waals surface area contributed by atoms with Crippen LogP contribution in [0.2, 0.25) is 0 Å². The van der Waals surface area contributed by atoms with E-state index in [1.807, 2.05) is 0 Å². The SMILES string of the molecule is O=CNC1C=CC(C(=O)OCCCl)C1. The number of ether oxygens (including phenoxy) is 1. The third-order valence-electron chi connectivity index (χ3n) is 1.99. The van der Waals surface area contributed by atoms with Crippen LogP contribution in [0.3, 0.4) is 0 Å². The molecule has 0 aromatic rings. The van der Waals surface area contributed by atoms with Gasteiger partial charge in [0, 0.05) is 6.04 Å². The maximum absolute atomic E-state index is 11.3. The molecule has 4 nitrogen and oxygen atoms in total. The molecular formula is C9H12ClNO3. The standard InChI is InChI=1S/C9H12ClNO3/c10-3-4-14-9(13)7-1-2-8(5-7)11-6-12/h1-2,6-8H,3-5H2,(H,11,12). The summed E-state index contributed by atoms with van der Waals surface area (Å²) in [5.74, 6) is -0.231. The molecular weight excluding hydrogens is 206 g/mol. The van der Waals surface area contributed by atoms with E-state index >= 15 is 0 Å². The molecule has 78 valence electrons. The van der Waals surface area contributed by atoms with Crippen molar-refractivity contribution in [3.05, 3.63) is 12.2 Å². The Kier molecular flexibility index (Phi) is 4.46. The number of halogens is 1. The molecule has 14 heavy (non-hydrogen) atoms. The van der Waals surface area contributed by atoms with Crippen molar-refractivity contribution in [3.63, 3.8) is 0 Å². The zero-order valence-corrected chi connectivity index (χ0v) is 8.37. The first-order chi connectivity index (χ1) is 6.77. The summed E-state index contributed by atoms with van der Waals surface area (Å²) in [6.45, 7) is 0.233. The minimum Gasteiger partial charge on any atom is -0.464 e. The highest BCUT2D eigenvalue weighted by atomic mass is 35.5. The lowest BCUT2D eigenvalue weighted by atomic mass is 10.1. The van der Waals surface area contributed by atoms with Gasteiger partial charge in [0.2, 0.25) is 6.41 Å². The van der Waals surface area contributed by atoms with Crippen LogP contribution in [-0.2, 0) is 14.3 Å². The quantitative estimate of drug-likeness (QED) is 0.315. The Labute approximate surface area is 87.3 Å². The van der Waals surface area contributed by atoms with Gasteiger partial charge in [-0.2, -0.15) is 0 Å². The van der Waals surface area contributed by atoms with E-state index in [2.05, 4.69) is 5.32 Å². The fourth-order valence-corrected chi connectivity index (χ4v) is 1.41. The van der Waals surface area contributed by atoms with Gasteiger partial charge in [-0.1, -0.05) is 12.2 Å². The molecule has 0 spiro atoms. The van der Waals surface area contributed by atoms with E-state index in [1.54, 1.807) is 12.2 Å². The second kappa shape index (κ2) is 5.65. The number of hydrogen-bond acceptors (Lipinski definition) is 3. The molecule has 0 heterocycles. The molecule has 0 radical (unpaired) electrons. The van der Waals surface area contributed by atoms with Gasteiger partial charge in [-0.3, -0.25) is 9.59 Å². The van der Waals surface area contributed by atoms with Gasteiger partial charge in [0.05, 0.1) is 11.8 Å². The summed E-state index contributed by atoms with van der Waals surface area (Å²) in [5.41, 5.74) is 0. The molecule has 0 saturated heterocycles. The number of hydrogen-bond donors (Lipinski definition) is 1. The molecule has 2 atom stereocenters. The predicted molar refractivity (Wildman–Crippen MR) is 51.9 cm³/mol. The smallest absolute Gasteiger partial charge is 0.312 e. The Balaban J connectivity index is 2.31. The summed E-state index contributed by atoms with van der Waals surface area (Å²) in [6, 6.07) is -0.0546. The van der Waals surface area contributed by atoms with E-state index in [0.29, 0.717) is 18.7 Å². The van der Waals surface area contributed by atoms with Crippen molar-refractivity contribution >= 4 is 24.0 Å². The summed E-state index contributed by atoms with van der Waals surface area (Å²) in [7, 11) is 0. The van der Waals surface area contributed by atoms with Crippen molar-refractivity contribution in [2.75, 3.05) is 12.5 Å². The van der Waals surface area contributed by atoms with Crippen LogP contribution in [0.5, 0.6) is 0 Å². The Morgan fingerprint density at radius 3 is 3.07 bits per heavy atom. The van der Waals surface area contributed by atoms with E-state index in [0.717, 1.165) is 0 Å². The molecule has 1 rings (SSSR count). The maximum atomic E-state index is 11.3. The van der Waals surface area contributed by atoms with Gasteiger partial charge in [0.25, 0.3) is 0 Å². The van der Waals surface area contributed by atoms with Gasteiger partial charge in [-0.25, -0.2) is 0 Å². The first-order valence-electron chi connectivity index (χ1n) is 4.38. The first kappa shape index (κ1) is 11.0. The van der Waals surface area contributed by atoms with Crippen LogP contribution in [0.25, 0.3) is 0 Å². The van der Waals surface area contributed by atoms with Crippen molar-refractivity contribution < 1.29 is 14.3 Å². The molecule has 1 amide bonds. The summed E-state index contributed by atoms with van der Waals surface area (Å²) in [6.07, 6.45) is 4.74. The largest absolute Gasteiger partial charge is 0.464 e. The molecule has 0 aromatic heterocycles. The van der Waals surface area contributed by atoms with Crippen molar-refractivity contribution in [2.24, 2.45) is 5.92 Å². The first-order valence-corrected chi connectivity index (χ1v) is 4.92. The van der Waals surface area contributed by atoms with Crippen molar-refractivity contribution in [3.8, 4) is 0 Å². The zero-order valence-electron chi connectivity index (χ0n) is 7.61. The highest BCUT2D eigenvalue weighted by molar-refractivity contribution is 6.18. The number of nitrogens with one attached hydrogen (secondary N) is 1. The minimum absolute atomic E-state index is 0.0546. The summed E-state index contributed by atoms with van der Waals surface area (Å²) in [5, 5.41) is 2.58. The topological polar surface area (TPSA) is 55.4 Å². The lowest BCUT2D eigenvalue weighted by Crippen LogP contribution is -2.26. The third kappa shape index (κ3) is 3.03. The third-order valence-corrected chi connectivity index (χ3v) is 2.14. The van der Waals surface area contributed by atoms with E-state index in [-0.39, 0.29) is 24.5 Å². The number of rotatable bonds is 5. The molecule has 0 fully saturated rings. The number of carbonyl (C=O) groups is 2. The van der Waals surface area contributed by atoms with Crippen molar-refractivity contribution in [2.45, 2.75) is 12.5 Å². The highest BCUT2D eigenvalue weighted by Crippen LogP contribution is 2.18. The number of alkyl halides is 1. The van der Waals surface area contributed by atoms with Crippen LogP contribution < -0.4 is 5.32 Å². The fraction of sp³-hybridized carbons (Fsp3) is 0.556. The molecule has 0 aliphatic heterocycles. The lowest BCUT2D eigenvalue weighted by Gasteiger charge is -2.10. The highest BCUT2D eigenvalue weighted by Gasteiger charge is 2.25. The average Bonchev–Trinajstić information content (AvgIpc) is 2.63. The maximum Gasteiger partial charge on any atom is 0.312 e. The Morgan fingerprint density at radius 2 is 2.43 bits per heavy atom. The number of carbonyl (C=O) groups excluding carboxylic acids is 2. The van der Waals surface area contributed by atoms with Crippen LogP contribution in [0.1, 0.15) is 6.42 Å². The summed E-state index contributed by atoms with van der Waals surface area (Å²) >= 11 is 5.38. The minimum atomic E-state index is -0.280. The molecule has 5 heteroatoms. The Morgan fingerprint density at radius 1 is 1.64 bits per heavy atom. The van der Waals surface area contributed by atoms with E-state index in [1.165, 1.54) is 0 Å². The molecule has 0 saturated carbocycles. The fourth-order valence-electron chi connectivity index (χ4n) is 1.33. The van der Waals surface area contributed by atoms with Gasteiger partial charge in [-0.05, 0) is 6.42 Å². The van der Waals surface area contributed by atoms with Gasteiger partial charge in [0.15, 0.2) is 0 Å². The Hall–Kier alpha value is -1.03. The van der Waals surface area contributed by atoms with Gasteiger partial charge >= 0.3 is 5.97 Å². The van der Waals surface area contributed by atoms with Gasteiger partial charge in [-0.15, -0.1) is 11.6 Å². The molecule has 0 bridgehead atoms. The van der Waals surface area contributed by atoms with Crippen LogP contribution in [-0.4, -0.2) is 30.9 Å². The van der Waals surface area contributed by atoms with E-state index in [9.17, 15) is 9.59 Å². The molecule has 1 N–H and O–H groups in total. The van der Waals surface area contributed by atoms with E-state index in [4.69, 9.17) is 16.3 Å².